The van der Waals surface area contributed by atoms with E-state index in [1.54, 1.807) is 30.8 Å². The molecular weight excluding hydrogens is 351 g/mol. The summed E-state index contributed by atoms with van der Waals surface area (Å²) in [5, 5.41) is 1.14. The van der Waals surface area contributed by atoms with Gasteiger partial charge < -0.3 is 14.5 Å². The normalized spacial score (nSPS) is 14.9. The molecule has 1 fully saturated rings. The van der Waals surface area contributed by atoms with E-state index < -0.39 is 0 Å². The summed E-state index contributed by atoms with van der Waals surface area (Å²) in [6.45, 7) is 5.52. The van der Waals surface area contributed by atoms with Gasteiger partial charge in [-0.2, -0.15) is 0 Å². The van der Waals surface area contributed by atoms with Crippen LogP contribution in [0.15, 0.2) is 30.6 Å². The van der Waals surface area contributed by atoms with E-state index in [1.807, 2.05) is 0 Å². The lowest BCUT2D eigenvalue weighted by atomic mass is 10.2. The molecule has 3 aromatic rings. The van der Waals surface area contributed by atoms with Gasteiger partial charge in [0.05, 0.1) is 18.2 Å². The zero-order valence-corrected chi connectivity index (χ0v) is 15.7. The van der Waals surface area contributed by atoms with Crippen LogP contribution in [-0.4, -0.2) is 43.3 Å². The Balaban J connectivity index is 1.55. The number of ether oxygens (including phenoxy) is 1. The molecule has 0 amide bonds. The van der Waals surface area contributed by atoms with Crippen molar-refractivity contribution in [1.82, 2.24) is 9.97 Å². The van der Waals surface area contributed by atoms with Crippen molar-refractivity contribution in [3.8, 4) is 5.75 Å². The van der Waals surface area contributed by atoms with E-state index >= 15 is 0 Å². The lowest BCUT2D eigenvalue weighted by Gasteiger charge is -2.37. The number of hydrogen-bond donors (Lipinski definition) is 0. The molecule has 1 aliphatic heterocycles. The number of benzene rings is 1. The maximum absolute atomic E-state index is 13.4. The summed E-state index contributed by atoms with van der Waals surface area (Å²) in [5.41, 5.74) is 0.935. The van der Waals surface area contributed by atoms with Crippen LogP contribution in [0.2, 0.25) is 0 Å². The molecule has 7 heteroatoms. The summed E-state index contributed by atoms with van der Waals surface area (Å²) in [4.78, 5) is 15.9. The molecule has 3 heterocycles. The zero-order chi connectivity index (χ0) is 18.1. The lowest BCUT2D eigenvalue weighted by Crippen LogP contribution is -2.47. The second kappa shape index (κ2) is 7.07. The van der Waals surface area contributed by atoms with Gasteiger partial charge in [0.2, 0.25) is 0 Å². The Labute approximate surface area is 156 Å². The van der Waals surface area contributed by atoms with E-state index in [0.717, 1.165) is 54.3 Å². The monoisotopic (exact) mass is 372 g/mol. The van der Waals surface area contributed by atoms with Crippen LogP contribution in [0.25, 0.3) is 10.2 Å². The van der Waals surface area contributed by atoms with Crippen molar-refractivity contribution in [2.24, 2.45) is 0 Å². The third-order valence-corrected chi connectivity index (χ3v) is 5.96. The highest BCUT2D eigenvalue weighted by Gasteiger charge is 2.22. The van der Waals surface area contributed by atoms with Gasteiger partial charge in [-0.1, -0.05) is 6.92 Å². The van der Waals surface area contributed by atoms with Crippen molar-refractivity contribution >= 4 is 33.1 Å². The average Bonchev–Trinajstić information content (AvgIpc) is 3.11. The number of methoxy groups -OCH3 is 1. The van der Waals surface area contributed by atoms with E-state index in [-0.39, 0.29) is 5.82 Å². The molecule has 0 radical (unpaired) electrons. The van der Waals surface area contributed by atoms with E-state index in [9.17, 15) is 4.39 Å². The van der Waals surface area contributed by atoms with Crippen molar-refractivity contribution < 1.29 is 9.13 Å². The molecule has 4 rings (SSSR count). The Kier molecular flexibility index (Phi) is 4.63. The molecule has 0 saturated carbocycles. The smallest absolute Gasteiger partial charge is 0.145 e. The minimum Gasteiger partial charge on any atom is -0.494 e. The number of halogens is 1. The number of aryl methyl sites for hydroxylation is 1. The van der Waals surface area contributed by atoms with Crippen molar-refractivity contribution in [2.45, 2.75) is 13.3 Å². The van der Waals surface area contributed by atoms with Gasteiger partial charge in [-0.25, -0.2) is 14.4 Å². The van der Waals surface area contributed by atoms with Gasteiger partial charge in [0.15, 0.2) is 0 Å². The molecule has 26 heavy (non-hydrogen) atoms. The summed E-state index contributed by atoms with van der Waals surface area (Å²) in [6, 6.07) is 6.92. The van der Waals surface area contributed by atoms with Crippen LogP contribution in [-0.2, 0) is 6.42 Å². The highest BCUT2D eigenvalue weighted by atomic mass is 32.1. The Hall–Kier alpha value is -2.41. The molecule has 0 unspecified atom stereocenters. The molecule has 0 bridgehead atoms. The number of thiophene rings is 1. The van der Waals surface area contributed by atoms with Crippen molar-refractivity contribution in [3.05, 3.63) is 41.3 Å². The van der Waals surface area contributed by atoms with Gasteiger partial charge >= 0.3 is 0 Å². The van der Waals surface area contributed by atoms with Crippen LogP contribution in [0.4, 0.5) is 15.9 Å². The van der Waals surface area contributed by atoms with Gasteiger partial charge in [-0.3, -0.25) is 0 Å². The molecule has 2 aromatic heterocycles. The first-order valence-electron chi connectivity index (χ1n) is 8.76. The van der Waals surface area contributed by atoms with E-state index in [1.165, 1.54) is 17.0 Å². The van der Waals surface area contributed by atoms with Crippen LogP contribution in [0.1, 0.15) is 11.8 Å². The third-order valence-electron chi connectivity index (χ3n) is 4.77. The molecule has 136 valence electrons. The maximum atomic E-state index is 13.4. The summed E-state index contributed by atoms with van der Waals surface area (Å²) in [6.07, 6.45) is 2.67. The first-order valence-corrected chi connectivity index (χ1v) is 9.58. The zero-order valence-electron chi connectivity index (χ0n) is 14.9. The Bertz CT molecular complexity index is 921. The van der Waals surface area contributed by atoms with E-state index in [0.29, 0.717) is 5.75 Å². The minimum absolute atomic E-state index is 0.281. The largest absolute Gasteiger partial charge is 0.494 e. The van der Waals surface area contributed by atoms with Crippen molar-refractivity contribution in [2.75, 3.05) is 43.1 Å². The summed E-state index contributed by atoms with van der Waals surface area (Å²) >= 11 is 1.74. The number of piperazine rings is 1. The lowest BCUT2D eigenvalue weighted by molar-refractivity contribution is 0.410. The highest BCUT2D eigenvalue weighted by Crippen LogP contribution is 2.33. The quantitative estimate of drug-likeness (QED) is 0.698. The maximum Gasteiger partial charge on any atom is 0.145 e. The standard InChI is InChI=1S/C19H21FN4OS/c1-3-14-11-15-18(21-12-22-19(15)26-14)24-8-6-23(7-9-24)16-5-4-13(20)10-17(16)25-2/h4-5,10-12H,3,6-9H2,1-2H3. The molecule has 0 spiro atoms. The fourth-order valence-corrected chi connectivity index (χ4v) is 4.32. The predicted molar refractivity (Wildman–Crippen MR) is 104 cm³/mol. The number of anilines is 2. The fraction of sp³-hybridized carbons (Fsp3) is 0.368. The van der Waals surface area contributed by atoms with Crippen LogP contribution in [0.3, 0.4) is 0 Å². The first kappa shape index (κ1) is 17.0. The van der Waals surface area contributed by atoms with Crippen LogP contribution >= 0.6 is 11.3 Å². The Morgan fingerprint density at radius 1 is 1.12 bits per heavy atom. The molecule has 0 aliphatic carbocycles. The Morgan fingerprint density at radius 2 is 1.88 bits per heavy atom. The number of nitrogens with zero attached hydrogens (tertiary/aromatic N) is 4. The first-order chi connectivity index (χ1) is 12.7. The second-order valence-corrected chi connectivity index (χ2v) is 7.39. The van der Waals surface area contributed by atoms with Gasteiger partial charge in [-0.15, -0.1) is 11.3 Å². The third kappa shape index (κ3) is 3.07. The summed E-state index contributed by atoms with van der Waals surface area (Å²) < 4.78 is 18.8. The molecule has 0 atom stereocenters. The van der Waals surface area contributed by atoms with Crippen LogP contribution in [0.5, 0.6) is 5.75 Å². The van der Waals surface area contributed by atoms with Gasteiger partial charge in [0.25, 0.3) is 0 Å². The van der Waals surface area contributed by atoms with Gasteiger partial charge in [0, 0.05) is 37.1 Å². The molecule has 5 nitrogen and oxygen atoms in total. The summed E-state index contributed by atoms with van der Waals surface area (Å²) in [7, 11) is 1.58. The second-order valence-electron chi connectivity index (χ2n) is 6.27. The van der Waals surface area contributed by atoms with Crippen molar-refractivity contribution in [3.63, 3.8) is 0 Å². The molecule has 1 saturated heterocycles. The van der Waals surface area contributed by atoms with Crippen molar-refractivity contribution in [1.29, 1.82) is 0 Å². The number of aromatic nitrogens is 2. The van der Waals surface area contributed by atoms with E-state index in [2.05, 4.69) is 32.8 Å². The van der Waals surface area contributed by atoms with Gasteiger partial charge in [-0.05, 0) is 24.6 Å². The molecular formula is C19H21FN4OS. The fourth-order valence-electron chi connectivity index (χ4n) is 3.39. The van der Waals surface area contributed by atoms with Crippen LogP contribution in [0, 0.1) is 5.82 Å². The van der Waals surface area contributed by atoms with Crippen LogP contribution < -0.4 is 14.5 Å². The van der Waals surface area contributed by atoms with Gasteiger partial charge in [0.1, 0.15) is 28.5 Å². The highest BCUT2D eigenvalue weighted by molar-refractivity contribution is 7.18. The number of hydrogen-bond acceptors (Lipinski definition) is 6. The molecule has 0 N–H and O–H groups in total. The Morgan fingerprint density at radius 3 is 2.62 bits per heavy atom. The number of rotatable bonds is 4. The molecule has 1 aromatic carbocycles. The predicted octanol–water partition coefficient (Wildman–Crippen LogP) is 3.73. The number of fused-ring (bicyclic) bond motifs is 1. The average molecular weight is 372 g/mol. The topological polar surface area (TPSA) is 41.5 Å². The summed E-state index contributed by atoms with van der Waals surface area (Å²) in [5.74, 6) is 1.31. The minimum atomic E-state index is -0.281. The SMILES string of the molecule is CCc1cc2c(N3CCN(c4ccc(F)cc4OC)CC3)ncnc2s1. The van der Waals surface area contributed by atoms with E-state index in [4.69, 9.17) is 4.74 Å². The molecule has 1 aliphatic rings.